The van der Waals surface area contributed by atoms with Crippen LogP contribution in [0.3, 0.4) is 0 Å². The third-order valence-electron chi connectivity index (χ3n) is 4.74. The van der Waals surface area contributed by atoms with Crippen molar-refractivity contribution in [2.45, 2.75) is 26.4 Å². The first-order valence-electron chi connectivity index (χ1n) is 9.91. The van der Waals surface area contributed by atoms with Crippen molar-refractivity contribution < 1.29 is 4.74 Å². The number of hydrogen-bond acceptors (Lipinski definition) is 1. The van der Waals surface area contributed by atoms with Gasteiger partial charge in [-0.1, -0.05) is 91.0 Å². The molecule has 0 fully saturated rings. The fourth-order valence-corrected chi connectivity index (χ4v) is 3.15. The summed E-state index contributed by atoms with van der Waals surface area (Å²) >= 11 is 0. The van der Waals surface area contributed by atoms with E-state index in [1.807, 2.05) is 13.0 Å². The summed E-state index contributed by atoms with van der Waals surface area (Å²) in [7, 11) is 0. The summed E-state index contributed by atoms with van der Waals surface area (Å²) in [5, 5.41) is 0. The van der Waals surface area contributed by atoms with E-state index >= 15 is 0 Å². The van der Waals surface area contributed by atoms with Gasteiger partial charge < -0.3 is 4.74 Å². The minimum absolute atomic E-state index is 0.666. The first-order valence-corrected chi connectivity index (χ1v) is 9.91. The summed E-state index contributed by atoms with van der Waals surface area (Å²) < 4.78 is 5.70. The first kappa shape index (κ1) is 19.9. The molecule has 0 N–H and O–H groups in total. The minimum Gasteiger partial charge on any atom is -0.377 e. The summed E-state index contributed by atoms with van der Waals surface area (Å²) in [5.41, 5.74) is 7.37. The predicted octanol–water partition coefficient (Wildman–Crippen LogP) is 7.54. The third kappa shape index (κ3) is 5.55. The zero-order chi connectivity index (χ0) is 19.6. The molecule has 0 heterocycles. The average molecular weight is 369 g/mol. The molecule has 0 spiro atoms. The van der Waals surface area contributed by atoms with Crippen molar-refractivity contribution >= 4 is 6.08 Å². The second-order valence-electron chi connectivity index (χ2n) is 6.88. The lowest BCUT2D eigenvalue weighted by Gasteiger charge is -2.07. The quantitative estimate of drug-likeness (QED) is 0.280. The zero-order valence-corrected chi connectivity index (χ0v) is 16.6. The molecule has 0 amide bonds. The van der Waals surface area contributed by atoms with Crippen LogP contribution in [0, 0.1) is 0 Å². The molecule has 0 atom stereocenters. The molecule has 0 bridgehead atoms. The van der Waals surface area contributed by atoms with Gasteiger partial charge >= 0.3 is 0 Å². The highest BCUT2D eigenvalue weighted by molar-refractivity contribution is 5.71. The molecule has 0 radical (unpaired) electrons. The Balaban J connectivity index is 1.62. The van der Waals surface area contributed by atoms with E-state index in [1.54, 1.807) is 0 Å². The van der Waals surface area contributed by atoms with Gasteiger partial charge in [0.1, 0.15) is 0 Å². The van der Waals surface area contributed by atoms with Crippen molar-refractivity contribution in [1.29, 1.82) is 0 Å². The van der Waals surface area contributed by atoms with Crippen molar-refractivity contribution in [2.75, 3.05) is 6.61 Å². The maximum atomic E-state index is 5.70. The van der Waals surface area contributed by atoms with E-state index in [4.69, 9.17) is 4.74 Å². The highest BCUT2D eigenvalue weighted by atomic mass is 16.5. The Hall–Kier alpha value is -2.90. The van der Waals surface area contributed by atoms with Gasteiger partial charge in [-0.15, -0.1) is 6.58 Å². The molecule has 0 aliphatic heterocycles. The molecule has 0 saturated heterocycles. The molecule has 3 rings (SSSR count). The molecule has 1 heteroatoms. The molecule has 3 aromatic carbocycles. The molecule has 142 valence electrons. The van der Waals surface area contributed by atoms with Crippen LogP contribution < -0.4 is 0 Å². The van der Waals surface area contributed by atoms with E-state index < -0.39 is 0 Å². The van der Waals surface area contributed by atoms with Gasteiger partial charge in [0, 0.05) is 6.61 Å². The molecular formula is C27H28O. The number of hydrogen-bond donors (Lipinski definition) is 0. The Kier molecular flexibility index (Phi) is 7.40. The Morgan fingerprint density at radius 3 is 1.75 bits per heavy atom. The summed E-state index contributed by atoms with van der Waals surface area (Å²) in [5.74, 6) is 0. The highest BCUT2D eigenvalue weighted by Gasteiger charge is 2.01. The lowest BCUT2D eigenvalue weighted by molar-refractivity contribution is 0.119. The van der Waals surface area contributed by atoms with E-state index in [0.29, 0.717) is 6.61 Å². The van der Waals surface area contributed by atoms with Gasteiger partial charge in [0.25, 0.3) is 0 Å². The second-order valence-corrected chi connectivity index (χ2v) is 6.88. The Bertz CT molecular complexity index is 885. The van der Waals surface area contributed by atoms with Gasteiger partial charge in [0.05, 0.1) is 6.61 Å². The largest absolute Gasteiger partial charge is 0.377 e. The Morgan fingerprint density at radius 2 is 1.25 bits per heavy atom. The number of rotatable bonds is 9. The van der Waals surface area contributed by atoms with E-state index in [2.05, 4.69) is 91.5 Å². The number of ether oxygens (including phenoxy) is 1. The van der Waals surface area contributed by atoms with Crippen LogP contribution in [-0.2, 0) is 11.3 Å². The van der Waals surface area contributed by atoms with Crippen LogP contribution in [0.4, 0.5) is 0 Å². The SMILES string of the molecule is C=CCCCOCc1ccc(-c2ccc(-c3ccc(C=CC)cc3)cc2)cc1. The second kappa shape index (κ2) is 10.4. The van der Waals surface area contributed by atoms with Gasteiger partial charge in [-0.2, -0.15) is 0 Å². The van der Waals surface area contributed by atoms with Gasteiger partial charge in [0.2, 0.25) is 0 Å². The molecule has 0 unspecified atom stereocenters. The Morgan fingerprint density at radius 1 is 0.750 bits per heavy atom. The summed E-state index contributed by atoms with van der Waals surface area (Å²) in [4.78, 5) is 0. The zero-order valence-electron chi connectivity index (χ0n) is 16.6. The van der Waals surface area contributed by atoms with Crippen LogP contribution >= 0.6 is 0 Å². The maximum absolute atomic E-state index is 5.70. The van der Waals surface area contributed by atoms with E-state index in [0.717, 1.165) is 19.4 Å². The van der Waals surface area contributed by atoms with Crippen molar-refractivity contribution in [3.05, 3.63) is 103 Å². The topological polar surface area (TPSA) is 9.23 Å². The normalized spacial score (nSPS) is 11.0. The molecule has 1 nitrogen and oxygen atoms in total. The summed E-state index contributed by atoms with van der Waals surface area (Å²) in [6.45, 7) is 7.22. The van der Waals surface area contributed by atoms with Gasteiger partial charge in [-0.25, -0.2) is 0 Å². The number of benzene rings is 3. The van der Waals surface area contributed by atoms with Crippen molar-refractivity contribution in [1.82, 2.24) is 0 Å². The van der Waals surface area contributed by atoms with Crippen LogP contribution in [0.25, 0.3) is 28.3 Å². The monoisotopic (exact) mass is 368 g/mol. The minimum atomic E-state index is 0.666. The van der Waals surface area contributed by atoms with Crippen LogP contribution in [-0.4, -0.2) is 6.61 Å². The van der Waals surface area contributed by atoms with Gasteiger partial charge in [0.15, 0.2) is 0 Å². The van der Waals surface area contributed by atoms with Crippen LogP contribution in [0.15, 0.2) is 91.5 Å². The van der Waals surface area contributed by atoms with Crippen LogP contribution in [0.5, 0.6) is 0 Å². The van der Waals surface area contributed by atoms with Gasteiger partial charge in [-0.3, -0.25) is 0 Å². The Labute approximate surface area is 169 Å². The van der Waals surface area contributed by atoms with E-state index in [9.17, 15) is 0 Å². The molecule has 0 saturated carbocycles. The van der Waals surface area contributed by atoms with E-state index in [1.165, 1.54) is 33.4 Å². The smallest absolute Gasteiger partial charge is 0.0716 e. The molecule has 0 aromatic heterocycles. The van der Waals surface area contributed by atoms with Crippen molar-refractivity contribution in [3.8, 4) is 22.3 Å². The van der Waals surface area contributed by atoms with Crippen molar-refractivity contribution in [3.63, 3.8) is 0 Å². The average Bonchev–Trinajstić information content (AvgIpc) is 2.75. The first-order chi connectivity index (χ1) is 13.8. The lowest BCUT2D eigenvalue weighted by atomic mass is 9.99. The molecule has 3 aromatic rings. The number of allylic oxidation sites excluding steroid dienone is 2. The van der Waals surface area contributed by atoms with Gasteiger partial charge in [-0.05, 0) is 53.1 Å². The predicted molar refractivity (Wildman–Crippen MR) is 121 cm³/mol. The fraction of sp³-hybridized carbons (Fsp3) is 0.185. The summed E-state index contributed by atoms with van der Waals surface area (Å²) in [6, 6.07) is 26.1. The fourth-order valence-electron chi connectivity index (χ4n) is 3.15. The third-order valence-corrected chi connectivity index (χ3v) is 4.74. The number of unbranched alkanes of at least 4 members (excludes halogenated alkanes) is 1. The molecule has 0 aliphatic carbocycles. The van der Waals surface area contributed by atoms with Crippen molar-refractivity contribution in [2.24, 2.45) is 0 Å². The lowest BCUT2D eigenvalue weighted by Crippen LogP contribution is -1.95. The summed E-state index contributed by atoms with van der Waals surface area (Å²) in [6.07, 6.45) is 8.15. The van der Waals surface area contributed by atoms with E-state index in [-0.39, 0.29) is 0 Å². The standard InChI is InChI=1S/C27H28O/c1-3-5-6-20-28-21-23-10-14-25(15-11-23)27-18-16-26(17-19-27)24-12-8-22(7-4-2)9-13-24/h3-4,7-19H,1,5-6,20-21H2,2H3. The van der Waals surface area contributed by atoms with Crippen LogP contribution in [0.1, 0.15) is 30.9 Å². The maximum Gasteiger partial charge on any atom is 0.0716 e. The molecule has 0 aliphatic rings. The van der Waals surface area contributed by atoms with Crippen LogP contribution in [0.2, 0.25) is 0 Å². The highest BCUT2D eigenvalue weighted by Crippen LogP contribution is 2.25. The molecule has 28 heavy (non-hydrogen) atoms. The molecular weight excluding hydrogens is 340 g/mol.